The Morgan fingerprint density at radius 3 is 1.67 bits per heavy atom. The van der Waals surface area contributed by atoms with Gasteiger partial charge in [-0.1, -0.05) is 6.58 Å². The lowest BCUT2D eigenvalue weighted by molar-refractivity contribution is -0.231. The van der Waals surface area contributed by atoms with E-state index in [4.69, 9.17) is 0 Å². The van der Waals surface area contributed by atoms with Crippen molar-refractivity contribution in [3.05, 3.63) is 12.2 Å². The zero-order valence-corrected chi connectivity index (χ0v) is 4.43. The van der Waals surface area contributed by atoms with E-state index < -0.39 is 23.8 Å². The Hall–Kier alpha value is -0.540. The van der Waals surface area contributed by atoms with Crippen LogP contribution >= 0.6 is 0 Å². The van der Waals surface area contributed by atoms with Crippen LogP contribution in [-0.4, -0.2) is 11.8 Å². The van der Waals surface area contributed by atoms with Crippen LogP contribution in [0.3, 0.4) is 0 Å². The highest BCUT2D eigenvalue weighted by Gasteiger charge is 2.67. The van der Waals surface area contributed by atoms with Crippen LogP contribution < -0.4 is 0 Å². The van der Waals surface area contributed by atoms with Gasteiger partial charge in [0.1, 0.15) is 0 Å². The number of alkyl halides is 4. The van der Waals surface area contributed by atoms with Gasteiger partial charge in [0.25, 0.3) is 0 Å². The van der Waals surface area contributed by atoms with E-state index in [-0.39, 0.29) is 0 Å². The lowest BCUT2D eigenvalue weighted by Crippen LogP contribution is -2.52. The van der Waals surface area contributed by atoms with Gasteiger partial charge in [0.2, 0.25) is 0 Å². The molecule has 9 heavy (non-hydrogen) atoms. The normalized spacial score (nSPS) is 29.6. The molecule has 1 saturated carbocycles. The van der Waals surface area contributed by atoms with Crippen LogP contribution in [-0.2, 0) is 0 Å². The molecule has 52 valence electrons. The Morgan fingerprint density at radius 1 is 1.22 bits per heavy atom. The summed E-state index contributed by atoms with van der Waals surface area (Å²) < 4.78 is 47.2. The van der Waals surface area contributed by atoms with Crippen LogP contribution in [0.4, 0.5) is 17.6 Å². The molecule has 0 nitrogen and oxygen atoms in total. The van der Waals surface area contributed by atoms with Crippen LogP contribution in [0.15, 0.2) is 12.2 Å². The van der Waals surface area contributed by atoms with Crippen LogP contribution in [0, 0.1) is 0 Å². The summed E-state index contributed by atoms with van der Waals surface area (Å²) in [6.07, 6.45) is -0.875. The summed E-state index contributed by atoms with van der Waals surface area (Å²) in [5.41, 5.74) is -0.674. The molecule has 1 aliphatic carbocycles. The van der Waals surface area contributed by atoms with E-state index in [0.29, 0.717) is 0 Å². The van der Waals surface area contributed by atoms with E-state index in [2.05, 4.69) is 6.58 Å². The first-order chi connectivity index (χ1) is 3.88. The number of rotatable bonds is 0. The molecule has 0 bridgehead atoms. The van der Waals surface area contributed by atoms with Crippen molar-refractivity contribution in [3.8, 4) is 0 Å². The van der Waals surface area contributed by atoms with E-state index in [1.807, 2.05) is 0 Å². The lowest BCUT2D eigenvalue weighted by Gasteiger charge is -2.37. The van der Waals surface area contributed by atoms with Gasteiger partial charge in [-0.3, -0.25) is 0 Å². The minimum Gasteiger partial charge on any atom is -0.199 e. The molecular formula is C5H4F4. The zero-order chi connectivity index (χ0) is 7.28. The maximum atomic E-state index is 11.9. The maximum Gasteiger partial charge on any atom is 0.331 e. The summed E-state index contributed by atoms with van der Waals surface area (Å²) in [7, 11) is 0. The van der Waals surface area contributed by atoms with Crippen molar-refractivity contribution in [2.45, 2.75) is 18.3 Å². The van der Waals surface area contributed by atoms with Gasteiger partial charge < -0.3 is 0 Å². The Bertz CT molecular complexity index is 158. The lowest BCUT2D eigenvalue weighted by atomic mass is 9.84. The molecule has 0 spiro atoms. The van der Waals surface area contributed by atoms with E-state index in [1.54, 1.807) is 0 Å². The Balaban J connectivity index is 2.82. The average Bonchev–Trinajstić information content (AvgIpc) is 1.65. The summed E-state index contributed by atoms with van der Waals surface area (Å²) in [4.78, 5) is 0. The first kappa shape index (κ1) is 6.58. The average molecular weight is 140 g/mol. The summed E-state index contributed by atoms with van der Waals surface area (Å²) in [5.74, 6) is -7.79. The quantitative estimate of drug-likeness (QED) is 0.357. The monoisotopic (exact) mass is 140 g/mol. The van der Waals surface area contributed by atoms with Crippen molar-refractivity contribution < 1.29 is 17.6 Å². The molecule has 0 amide bonds. The summed E-state index contributed by atoms with van der Waals surface area (Å²) >= 11 is 0. The molecule has 0 aliphatic heterocycles. The fourth-order valence-corrected chi connectivity index (χ4v) is 0.642. The summed E-state index contributed by atoms with van der Waals surface area (Å²) in [6, 6.07) is 0. The van der Waals surface area contributed by atoms with E-state index in [1.165, 1.54) is 0 Å². The molecule has 0 aromatic rings. The largest absolute Gasteiger partial charge is 0.331 e. The molecule has 0 heterocycles. The second-order valence-electron chi connectivity index (χ2n) is 2.06. The highest BCUT2D eigenvalue weighted by molar-refractivity contribution is 5.26. The first-order valence-corrected chi connectivity index (χ1v) is 2.32. The van der Waals surface area contributed by atoms with Gasteiger partial charge in [0.05, 0.1) is 0 Å². The van der Waals surface area contributed by atoms with Crippen molar-refractivity contribution in [1.29, 1.82) is 0 Å². The molecule has 0 aromatic heterocycles. The van der Waals surface area contributed by atoms with Crippen LogP contribution in [0.5, 0.6) is 0 Å². The first-order valence-electron chi connectivity index (χ1n) is 2.32. The second kappa shape index (κ2) is 1.30. The van der Waals surface area contributed by atoms with Crippen molar-refractivity contribution in [1.82, 2.24) is 0 Å². The van der Waals surface area contributed by atoms with E-state index in [0.717, 1.165) is 0 Å². The maximum absolute atomic E-state index is 11.9. The third-order valence-electron chi connectivity index (χ3n) is 1.34. The van der Waals surface area contributed by atoms with Gasteiger partial charge >= 0.3 is 11.8 Å². The topological polar surface area (TPSA) is 0 Å². The highest BCUT2D eigenvalue weighted by Crippen LogP contribution is 2.53. The summed E-state index contributed by atoms with van der Waals surface area (Å²) in [5, 5.41) is 0. The van der Waals surface area contributed by atoms with Gasteiger partial charge in [0.15, 0.2) is 0 Å². The third kappa shape index (κ3) is 0.587. The van der Waals surface area contributed by atoms with Crippen molar-refractivity contribution in [3.63, 3.8) is 0 Å². The number of hydrogen-bond acceptors (Lipinski definition) is 0. The molecule has 4 heteroatoms. The van der Waals surface area contributed by atoms with Gasteiger partial charge in [-0.05, 0) is 0 Å². The van der Waals surface area contributed by atoms with Crippen LogP contribution in [0.25, 0.3) is 0 Å². The Kier molecular flexibility index (Phi) is 0.952. The van der Waals surface area contributed by atoms with Crippen LogP contribution in [0.2, 0.25) is 0 Å². The highest BCUT2D eigenvalue weighted by atomic mass is 19.3. The molecule has 0 atom stereocenters. The summed E-state index contributed by atoms with van der Waals surface area (Å²) in [6.45, 7) is 2.78. The van der Waals surface area contributed by atoms with Gasteiger partial charge in [0, 0.05) is 12.0 Å². The molecule has 0 radical (unpaired) electrons. The molecule has 0 unspecified atom stereocenters. The van der Waals surface area contributed by atoms with Gasteiger partial charge in [-0.2, -0.15) is 17.6 Å². The molecule has 0 saturated heterocycles. The fourth-order valence-electron chi connectivity index (χ4n) is 0.642. The molecule has 1 fully saturated rings. The van der Waals surface area contributed by atoms with E-state index >= 15 is 0 Å². The SMILES string of the molecule is C=C1CC(F)(F)C1(F)F. The molecule has 1 rings (SSSR count). The molecule has 0 aromatic carbocycles. The molecule has 0 N–H and O–H groups in total. The Morgan fingerprint density at radius 2 is 1.67 bits per heavy atom. The predicted molar refractivity (Wildman–Crippen MR) is 23.7 cm³/mol. The number of hydrogen-bond donors (Lipinski definition) is 0. The second-order valence-corrected chi connectivity index (χ2v) is 2.06. The number of halogens is 4. The van der Waals surface area contributed by atoms with Gasteiger partial charge in [-0.15, -0.1) is 0 Å². The fraction of sp³-hybridized carbons (Fsp3) is 0.600. The minimum atomic E-state index is -3.95. The molecular weight excluding hydrogens is 136 g/mol. The standard InChI is InChI=1S/C5H4F4/c1-3-2-4(6,7)5(3,8)9/h1-2H2. The van der Waals surface area contributed by atoms with Gasteiger partial charge in [-0.25, -0.2) is 0 Å². The minimum absolute atomic E-state index is 0.674. The third-order valence-corrected chi connectivity index (χ3v) is 1.34. The Labute approximate surface area is 49.2 Å². The van der Waals surface area contributed by atoms with Crippen molar-refractivity contribution in [2.75, 3.05) is 0 Å². The smallest absolute Gasteiger partial charge is 0.199 e. The zero-order valence-electron chi connectivity index (χ0n) is 4.43. The van der Waals surface area contributed by atoms with E-state index in [9.17, 15) is 17.6 Å². The van der Waals surface area contributed by atoms with Crippen LogP contribution in [0.1, 0.15) is 6.42 Å². The van der Waals surface area contributed by atoms with Crippen molar-refractivity contribution in [2.24, 2.45) is 0 Å². The molecule has 1 aliphatic rings. The van der Waals surface area contributed by atoms with Crippen molar-refractivity contribution >= 4 is 0 Å². The number of allylic oxidation sites excluding steroid dienone is 1. The predicted octanol–water partition coefficient (Wildman–Crippen LogP) is 2.22.